The average Bonchev–Trinajstić information content (AvgIpc) is 3.42. The van der Waals surface area contributed by atoms with Gasteiger partial charge >= 0.3 is 0 Å². The summed E-state index contributed by atoms with van der Waals surface area (Å²) in [4.78, 5) is 21.6. The summed E-state index contributed by atoms with van der Waals surface area (Å²) in [6, 6.07) is 10.9. The number of nitrogens with zero attached hydrogens (tertiary/aromatic N) is 7. The van der Waals surface area contributed by atoms with E-state index in [1.165, 1.54) is 11.8 Å². The Morgan fingerprint density at radius 3 is 2.77 bits per heavy atom. The number of amides is 1. The minimum Gasteiger partial charge on any atom is -0.479 e. The van der Waals surface area contributed by atoms with Crippen molar-refractivity contribution in [3.63, 3.8) is 0 Å². The highest BCUT2D eigenvalue weighted by atomic mass is 16.5. The molecule has 10 nitrogen and oxygen atoms in total. The lowest BCUT2D eigenvalue weighted by Gasteiger charge is -2.10. The van der Waals surface area contributed by atoms with E-state index in [9.17, 15) is 4.79 Å². The first-order valence-corrected chi connectivity index (χ1v) is 9.30. The van der Waals surface area contributed by atoms with E-state index >= 15 is 0 Å². The molecule has 0 fully saturated rings. The van der Waals surface area contributed by atoms with Crippen LogP contribution in [0.1, 0.15) is 30.2 Å². The van der Waals surface area contributed by atoms with Crippen molar-refractivity contribution in [1.29, 1.82) is 0 Å². The van der Waals surface area contributed by atoms with Crippen molar-refractivity contribution in [3.8, 4) is 23.2 Å². The second-order valence-corrected chi connectivity index (χ2v) is 6.70. The third kappa shape index (κ3) is 3.75. The molecule has 4 aromatic heterocycles. The smallest absolute Gasteiger partial charge is 0.263 e. The Kier molecular flexibility index (Phi) is 5.21. The van der Waals surface area contributed by atoms with E-state index in [1.807, 2.05) is 30.5 Å². The van der Waals surface area contributed by atoms with Crippen molar-refractivity contribution in [2.24, 2.45) is 0 Å². The second kappa shape index (κ2) is 8.11. The van der Waals surface area contributed by atoms with Gasteiger partial charge in [0, 0.05) is 18.4 Å². The Balaban J connectivity index is 1.60. The number of methoxy groups -OCH3 is 1. The van der Waals surface area contributed by atoms with Gasteiger partial charge in [0.15, 0.2) is 11.6 Å². The van der Waals surface area contributed by atoms with E-state index < -0.39 is 5.91 Å². The highest BCUT2D eigenvalue weighted by Crippen LogP contribution is 2.22. The number of ether oxygens (including phenoxy) is 1. The van der Waals surface area contributed by atoms with Crippen LogP contribution in [0.4, 0.5) is 5.82 Å². The van der Waals surface area contributed by atoms with Gasteiger partial charge in [-0.25, -0.2) is 14.6 Å². The lowest BCUT2D eigenvalue weighted by atomic mass is 10.3. The van der Waals surface area contributed by atoms with Gasteiger partial charge in [-0.05, 0) is 38.1 Å². The van der Waals surface area contributed by atoms with E-state index in [-0.39, 0.29) is 17.5 Å². The molecule has 0 saturated carbocycles. The fourth-order valence-electron chi connectivity index (χ4n) is 2.89. The molecular weight excluding hydrogens is 384 g/mol. The van der Waals surface area contributed by atoms with Crippen LogP contribution >= 0.6 is 0 Å². The third-order valence-corrected chi connectivity index (χ3v) is 4.35. The maximum Gasteiger partial charge on any atom is 0.263 e. The van der Waals surface area contributed by atoms with Crippen LogP contribution in [0.15, 0.2) is 55.1 Å². The van der Waals surface area contributed by atoms with Crippen LogP contribution < -0.4 is 10.1 Å². The van der Waals surface area contributed by atoms with Crippen molar-refractivity contribution in [2.45, 2.75) is 19.9 Å². The molecule has 1 N–H and O–H groups in total. The van der Waals surface area contributed by atoms with Crippen LogP contribution in [0.5, 0.6) is 5.88 Å². The van der Waals surface area contributed by atoms with Crippen LogP contribution in [0.25, 0.3) is 17.3 Å². The van der Waals surface area contributed by atoms with Gasteiger partial charge in [0.1, 0.15) is 23.4 Å². The molecule has 0 radical (unpaired) electrons. The maximum atomic E-state index is 12.9. The van der Waals surface area contributed by atoms with Gasteiger partial charge in [-0.1, -0.05) is 12.1 Å². The molecule has 0 aliphatic heterocycles. The number of carbonyl (C=O) groups excluding carboxylic acids is 1. The molecule has 0 saturated heterocycles. The molecule has 1 amide bonds. The zero-order valence-corrected chi connectivity index (χ0v) is 16.7. The Hall–Kier alpha value is -4.08. The predicted molar refractivity (Wildman–Crippen MR) is 110 cm³/mol. The largest absolute Gasteiger partial charge is 0.479 e. The first-order valence-electron chi connectivity index (χ1n) is 9.30. The number of rotatable bonds is 6. The monoisotopic (exact) mass is 404 g/mol. The molecule has 0 unspecified atom stereocenters. The third-order valence-electron chi connectivity index (χ3n) is 4.35. The summed E-state index contributed by atoms with van der Waals surface area (Å²) in [6.07, 6.45) is 4.87. The number of hydrogen-bond acceptors (Lipinski definition) is 7. The van der Waals surface area contributed by atoms with Crippen LogP contribution in [0.2, 0.25) is 0 Å². The molecule has 0 aromatic carbocycles. The first kappa shape index (κ1) is 19.2. The second-order valence-electron chi connectivity index (χ2n) is 6.70. The molecule has 0 atom stereocenters. The van der Waals surface area contributed by atoms with Crippen LogP contribution in [0.3, 0.4) is 0 Å². The molecule has 0 aliphatic rings. The minimum absolute atomic E-state index is 0.178. The number of carbonyl (C=O) groups is 1. The SMILES string of the molecule is COc1nn(-c2ccccn2)cc1C(=O)Nc1cccc(-c2nncn2C(C)C)n1. The van der Waals surface area contributed by atoms with Crippen molar-refractivity contribution in [2.75, 3.05) is 12.4 Å². The molecule has 4 aromatic rings. The highest BCUT2D eigenvalue weighted by Gasteiger charge is 2.19. The topological polar surface area (TPSA) is 113 Å². The summed E-state index contributed by atoms with van der Waals surface area (Å²) in [5.41, 5.74) is 0.871. The highest BCUT2D eigenvalue weighted by molar-refractivity contribution is 6.05. The summed E-state index contributed by atoms with van der Waals surface area (Å²) >= 11 is 0. The van der Waals surface area contributed by atoms with E-state index in [0.717, 1.165) is 0 Å². The zero-order valence-electron chi connectivity index (χ0n) is 16.7. The number of hydrogen-bond donors (Lipinski definition) is 1. The number of anilines is 1. The van der Waals surface area contributed by atoms with Crippen molar-refractivity contribution < 1.29 is 9.53 Å². The van der Waals surface area contributed by atoms with Gasteiger partial charge in [0.25, 0.3) is 5.91 Å². The maximum absolute atomic E-state index is 12.9. The van der Waals surface area contributed by atoms with Crippen molar-refractivity contribution in [1.82, 2.24) is 34.5 Å². The van der Waals surface area contributed by atoms with Gasteiger partial charge in [-0.2, -0.15) is 0 Å². The summed E-state index contributed by atoms with van der Waals surface area (Å²) < 4.78 is 8.67. The molecule has 4 rings (SSSR count). The minimum atomic E-state index is -0.399. The summed E-state index contributed by atoms with van der Waals surface area (Å²) in [6.45, 7) is 4.06. The summed E-state index contributed by atoms with van der Waals surface area (Å²) in [5, 5.41) is 15.2. The Morgan fingerprint density at radius 1 is 1.17 bits per heavy atom. The van der Waals surface area contributed by atoms with E-state index in [4.69, 9.17) is 4.74 Å². The van der Waals surface area contributed by atoms with Gasteiger partial charge in [-0.3, -0.25) is 4.79 Å². The van der Waals surface area contributed by atoms with Gasteiger partial charge in [0.05, 0.1) is 7.11 Å². The molecule has 0 spiro atoms. The van der Waals surface area contributed by atoms with E-state index in [2.05, 4.69) is 30.6 Å². The summed E-state index contributed by atoms with van der Waals surface area (Å²) in [5.74, 6) is 1.37. The molecule has 10 heteroatoms. The fourth-order valence-corrected chi connectivity index (χ4v) is 2.89. The van der Waals surface area contributed by atoms with Crippen molar-refractivity contribution in [3.05, 3.63) is 60.7 Å². The van der Waals surface area contributed by atoms with E-state index in [0.29, 0.717) is 23.2 Å². The van der Waals surface area contributed by atoms with Crippen LogP contribution in [0, 0.1) is 0 Å². The number of aromatic nitrogens is 7. The summed E-state index contributed by atoms with van der Waals surface area (Å²) in [7, 11) is 1.46. The van der Waals surface area contributed by atoms with Crippen LogP contribution in [-0.4, -0.2) is 47.5 Å². The Bertz CT molecular complexity index is 1170. The standard InChI is InChI=1S/C20H20N8O2/c1-13(2)27-12-22-25-18(27)15-7-6-8-16(23-15)24-19(29)14-11-28(26-20(14)30-3)17-9-4-5-10-21-17/h4-13H,1-3H3,(H,23,24,29). The van der Waals surface area contributed by atoms with Crippen LogP contribution in [-0.2, 0) is 0 Å². The lowest BCUT2D eigenvalue weighted by Crippen LogP contribution is -2.14. The number of pyridine rings is 2. The first-order chi connectivity index (χ1) is 14.6. The predicted octanol–water partition coefficient (Wildman–Crippen LogP) is 2.76. The number of nitrogens with one attached hydrogen (secondary N) is 1. The molecule has 4 heterocycles. The molecule has 0 aliphatic carbocycles. The van der Waals surface area contributed by atoms with Gasteiger partial charge in [0.2, 0.25) is 5.88 Å². The lowest BCUT2D eigenvalue weighted by molar-refractivity contribution is 0.102. The molecule has 30 heavy (non-hydrogen) atoms. The quantitative estimate of drug-likeness (QED) is 0.526. The normalized spacial score (nSPS) is 10.9. The zero-order chi connectivity index (χ0) is 21.1. The fraction of sp³-hybridized carbons (Fsp3) is 0.200. The van der Waals surface area contributed by atoms with Crippen molar-refractivity contribution >= 4 is 11.7 Å². The van der Waals surface area contributed by atoms with Gasteiger partial charge in [-0.15, -0.1) is 15.3 Å². The average molecular weight is 404 g/mol. The molecule has 0 bridgehead atoms. The molecular formula is C20H20N8O2. The Morgan fingerprint density at radius 2 is 2.03 bits per heavy atom. The Labute approximate surface area is 172 Å². The molecule has 152 valence electrons. The van der Waals surface area contributed by atoms with E-state index in [1.54, 1.807) is 43.0 Å². The van der Waals surface area contributed by atoms with Gasteiger partial charge < -0.3 is 14.6 Å².